The van der Waals surface area contributed by atoms with Gasteiger partial charge in [-0.3, -0.25) is 9.89 Å². The molecule has 2 N–H and O–H groups in total. The van der Waals surface area contributed by atoms with Gasteiger partial charge in [0, 0.05) is 29.1 Å². The van der Waals surface area contributed by atoms with Crippen LogP contribution in [0.4, 0.5) is 0 Å². The first kappa shape index (κ1) is 20.5. The summed E-state index contributed by atoms with van der Waals surface area (Å²) in [5.41, 5.74) is 3.88. The standard InChI is InChI=1S/C22H28N4O2S.ClH/c27-20(26-10-1-4-21(14-26)5-2-16-13-24-25-18(16)21)17-12-15-3-11-28-22(19(15)29-17)6-8-23-9-7-22;/h12-13,23H,1-11,14H2,(H,24,25);1H. The van der Waals surface area contributed by atoms with E-state index in [1.165, 1.54) is 21.7 Å². The predicted molar refractivity (Wildman–Crippen MR) is 119 cm³/mol. The minimum atomic E-state index is -0.165. The Morgan fingerprint density at radius 3 is 2.90 bits per heavy atom. The third kappa shape index (κ3) is 3.05. The molecule has 2 aromatic rings. The summed E-state index contributed by atoms with van der Waals surface area (Å²) < 4.78 is 6.31. The molecule has 0 radical (unpaired) electrons. The third-order valence-corrected chi connectivity index (χ3v) is 8.93. The van der Waals surface area contributed by atoms with Crippen molar-refractivity contribution in [1.29, 1.82) is 0 Å². The second-order valence-electron chi connectivity index (χ2n) is 9.19. The smallest absolute Gasteiger partial charge is 0.263 e. The number of aryl methyl sites for hydroxylation is 1. The van der Waals surface area contributed by atoms with E-state index in [0.29, 0.717) is 0 Å². The molecule has 5 heterocycles. The first-order valence-corrected chi connectivity index (χ1v) is 11.8. The molecule has 0 bridgehead atoms. The fourth-order valence-corrected chi connectivity index (χ4v) is 7.44. The highest BCUT2D eigenvalue weighted by molar-refractivity contribution is 7.14. The summed E-state index contributed by atoms with van der Waals surface area (Å²) in [6, 6.07) is 2.17. The Morgan fingerprint density at radius 2 is 2.03 bits per heavy atom. The van der Waals surface area contributed by atoms with Gasteiger partial charge < -0.3 is 15.0 Å². The van der Waals surface area contributed by atoms with Crippen LogP contribution < -0.4 is 5.32 Å². The highest BCUT2D eigenvalue weighted by Gasteiger charge is 2.45. The second kappa shape index (κ2) is 7.62. The lowest BCUT2D eigenvalue weighted by atomic mass is 9.77. The maximum Gasteiger partial charge on any atom is 0.263 e. The van der Waals surface area contributed by atoms with Crippen LogP contribution in [0.3, 0.4) is 0 Å². The monoisotopic (exact) mass is 448 g/mol. The molecule has 4 aliphatic rings. The Labute approximate surface area is 187 Å². The van der Waals surface area contributed by atoms with Crippen molar-refractivity contribution >= 4 is 29.7 Å². The summed E-state index contributed by atoms with van der Waals surface area (Å²) in [7, 11) is 0. The molecule has 2 saturated heterocycles. The van der Waals surface area contributed by atoms with Crippen molar-refractivity contribution in [3.05, 3.63) is 38.8 Å². The summed E-state index contributed by atoms with van der Waals surface area (Å²) in [6.07, 6.45) is 9.32. The molecule has 2 fully saturated rings. The number of aromatic amines is 1. The number of thiophene rings is 1. The van der Waals surface area contributed by atoms with Crippen molar-refractivity contribution in [2.75, 3.05) is 32.8 Å². The maximum atomic E-state index is 13.5. The summed E-state index contributed by atoms with van der Waals surface area (Å²) in [4.78, 5) is 17.9. The number of nitrogens with one attached hydrogen (secondary N) is 2. The maximum absolute atomic E-state index is 13.5. The van der Waals surface area contributed by atoms with E-state index in [0.717, 1.165) is 82.6 Å². The van der Waals surface area contributed by atoms with Gasteiger partial charge in [-0.25, -0.2) is 0 Å². The lowest BCUT2D eigenvalue weighted by Gasteiger charge is -2.40. The zero-order chi connectivity index (χ0) is 19.5. The van der Waals surface area contributed by atoms with Crippen molar-refractivity contribution in [3.8, 4) is 0 Å². The number of likely N-dealkylation sites (tertiary alicyclic amines) is 1. The van der Waals surface area contributed by atoms with E-state index in [4.69, 9.17) is 4.74 Å². The number of halogens is 1. The zero-order valence-electron chi connectivity index (χ0n) is 17.2. The van der Waals surface area contributed by atoms with Crippen LogP contribution >= 0.6 is 23.7 Å². The van der Waals surface area contributed by atoms with Gasteiger partial charge in [-0.1, -0.05) is 0 Å². The molecule has 3 aliphatic heterocycles. The van der Waals surface area contributed by atoms with Crippen molar-refractivity contribution in [2.24, 2.45) is 0 Å². The van der Waals surface area contributed by atoms with Crippen LogP contribution in [-0.2, 0) is 28.6 Å². The molecule has 0 aromatic carbocycles. The van der Waals surface area contributed by atoms with Crippen molar-refractivity contribution in [3.63, 3.8) is 0 Å². The van der Waals surface area contributed by atoms with Gasteiger partial charge in [-0.2, -0.15) is 5.10 Å². The van der Waals surface area contributed by atoms with Gasteiger partial charge in [-0.15, -0.1) is 23.7 Å². The molecule has 2 spiro atoms. The van der Waals surface area contributed by atoms with E-state index < -0.39 is 0 Å². The Hall–Kier alpha value is -1.41. The van der Waals surface area contributed by atoms with E-state index in [2.05, 4.69) is 26.5 Å². The molecule has 162 valence electrons. The topological polar surface area (TPSA) is 70.2 Å². The van der Waals surface area contributed by atoms with E-state index in [9.17, 15) is 4.79 Å². The summed E-state index contributed by atoms with van der Waals surface area (Å²) in [6.45, 7) is 4.42. The molecular weight excluding hydrogens is 420 g/mol. The average molecular weight is 449 g/mol. The SMILES string of the molecule is Cl.O=C(c1cc2c(s1)C1(CCNCC1)OCC2)N1CCCC2(CCc3cn[nH]c32)C1. The van der Waals surface area contributed by atoms with Gasteiger partial charge in [0.2, 0.25) is 0 Å². The Bertz CT molecular complexity index is 951. The number of amides is 1. The number of rotatable bonds is 1. The quantitative estimate of drug-likeness (QED) is 0.703. The van der Waals surface area contributed by atoms with Crippen molar-refractivity contribution in [2.45, 2.75) is 56.0 Å². The van der Waals surface area contributed by atoms with E-state index in [-0.39, 0.29) is 29.3 Å². The zero-order valence-corrected chi connectivity index (χ0v) is 18.8. The van der Waals surface area contributed by atoms with Gasteiger partial charge in [0.15, 0.2) is 0 Å². The normalized spacial score (nSPS) is 27.0. The van der Waals surface area contributed by atoms with Crippen LogP contribution in [0.25, 0.3) is 0 Å². The number of hydrogen-bond acceptors (Lipinski definition) is 5. The number of aromatic nitrogens is 2. The highest BCUT2D eigenvalue weighted by Crippen LogP contribution is 2.46. The number of piperidine rings is 2. The van der Waals surface area contributed by atoms with Gasteiger partial charge in [0.25, 0.3) is 5.91 Å². The molecule has 8 heteroatoms. The number of H-pyrrole nitrogens is 1. The molecule has 1 aliphatic carbocycles. The number of fused-ring (bicyclic) bond motifs is 4. The van der Waals surface area contributed by atoms with Crippen molar-refractivity contribution in [1.82, 2.24) is 20.4 Å². The molecule has 1 atom stereocenters. The predicted octanol–water partition coefficient (Wildman–Crippen LogP) is 3.16. The second-order valence-corrected chi connectivity index (χ2v) is 10.2. The first-order valence-electron chi connectivity index (χ1n) is 11.0. The number of nitrogens with zero attached hydrogens (tertiary/aromatic N) is 2. The molecular formula is C22H29ClN4O2S. The Morgan fingerprint density at radius 1 is 1.17 bits per heavy atom. The lowest BCUT2D eigenvalue weighted by molar-refractivity contribution is -0.0771. The van der Waals surface area contributed by atoms with Crippen LogP contribution in [0.5, 0.6) is 0 Å². The summed E-state index contributed by atoms with van der Waals surface area (Å²) in [5.74, 6) is 0.209. The van der Waals surface area contributed by atoms with Gasteiger partial charge in [-0.05, 0) is 75.2 Å². The van der Waals surface area contributed by atoms with Gasteiger partial charge in [0.1, 0.15) is 5.60 Å². The third-order valence-electron chi connectivity index (χ3n) is 7.58. The Balaban J connectivity index is 0.00000193. The fourth-order valence-electron chi connectivity index (χ4n) is 6.06. The van der Waals surface area contributed by atoms with Crippen LogP contribution in [0.2, 0.25) is 0 Å². The number of carbonyl (C=O) groups excluding carboxylic acids is 1. The largest absolute Gasteiger partial charge is 0.369 e. The van der Waals surface area contributed by atoms with Crippen molar-refractivity contribution < 1.29 is 9.53 Å². The fraction of sp³-hybridized carbons (Fsp3) is 0.636. The number of hydrogen-bond donors (Lipinski definition) is 2. The van der Waals surface area contributed by atoms with Gasteiger partial charge in [0.05, 0.1) is 17.7 Å². The lowest BCUT2D eigenvalue weighted by Crippen LogP contribution is -2.47. The Kier molecular flexibility index (Phi) is 5.21. The molecule has 6 rings (SSSR count). The van der Waals surface area contributed by atoms with E-state index in [1.807, 2.05) is 6.20 Å². The van der Waals surface area contributed by atoms with Crippen LogP contribution in [0.15, 0.2) is 12.3 Å². The number of ether oxygens (including phenoxy) is 1. The van der Waals surface area contributed by atoms with E-state index >= 15 is 0 Å². The molecule has 30 heavy (non-hydrogen) atoms. The number of carbonyl (C=O) groups is 1. The molecule has 1 amide bonds. The van der Waals surface area contributed by atoms with Gasteiger partial charge >= 0.3 is 0 Å². The van der Waals surface area contributed by atoms with E-state index in [1.54, 1.807) is 11.3 Å². The summed E-state index contributed by atoms with van der Waals surface area (Å²) >= 11 is 1.70. The average Bonchev–Trinajstić information content (AvgIpc) is 3.46. The molecule has 1 unspecified atom stereocenters. The molecule has 2 aromatic heterocycles. The van der Waals surface area contributed by atoms with Crippen LogP contribution in [-0.4, -0.2) is 53.8 Å². The highest BCUT2D eigenvalue weighted by atomic mass is 35.5. The molecule has 6 nitrogen and oxygen atoms in total. The van der Waals surface area contributed by atoms with Crippen LogP contribution in [0, 0.1) is 0 Å². The molecule has 0 saturated carbocycles. The first-order chi connectivity index (χ1) is 14.2. The minimum Gasteiger partial charge on any atom is -0.369 e. The summed E-state index contributed by atoms with van der Waals surface area (Å²) in [5, 5.41) is 11.0. The van der Waals surface area contributed by atoms with Crippen LogP contribution in [0.1, 0.15) is 63.5 Å². The minimum absolute atomic E-state index is 0.